The Morgan fingerprint density at radius 1 is 1.03 bits per heavy atom. The van der Waals surface area contributed by atoms with E-state index in [4.69, 9.17) is 22.2 Å². The van der Waals surface area contributed by atoms with E-state index in [0.717, 1.165) is 34.5 Å². The van der Waals surface area contributed by atoms with Gasteiger partial charge in [0.2, 0.25) is 0 Å². The first kappa shape index (κ1) is 29.3. The molecule has 0 aliphatic carbocycles. The maximum atomic E-state index is 13.3. The molecule has 0 aromatic heterocycles. The summed E-state index contributed by atoms with van der Waals surface area (Å²) in [5.41, 5.74) is 0.754. The molecule has 0 bridgehead atoms. The maximum Gasteiger partial charge on any atom is 0.411 e. The Bertz CT molecular complexity index is 763. The van der Waals surface area contributed by atoms with Gasteiger partial charge >= 0.3 is 19.7 Å². The lowest BCUT2D eigenvalue weighted by atomic mass is 10.2. The molecule has 33 heavy (non-hydrogen) atoms. The van der Waals surface area contributed by atoms with Gasteiger partial charge in [-0.25, -0.2) is 12.7 Å². The number of rotatable bonds is 18. The van der Waals surface area contributed by atoms with Gasteiger partial charge in [-0.3, -0.25) is 14.3 Å². The van der Waals surface area contributed by atoms with Gasteiger partial charge in [-0.1, -0.05) is 42.5 Å². The lowest BCUT2D eigenvalue weighted by Crippen LogP contribution is -2.38. The molecule has 184 valence electrons. The van der Waals surface area contributed by atoms with Crippen LogP contribution in [-0.2, 0) is 38.1 Å². The van der Waals surface area contributed by atoms with Crippen molar-refractivity contribution < 1.29 is 36.3 Å². The van der Waals surface area contributed by atoms with Crippen LogP contribution < -0.4 is 0 Å². The van der Waals surface area contributed by atoms with Gasteiger partial charge in [0, 0.05) is 42.2 Å². The number of carbonyl (C=O) groups is 2. The number of benzene rings is 1. The van der Waals surface area contributed by atoms with Crippen molar-refractivity contribution in [2.75, 3.05) is 44.2 Å². The first-order valence-electron chi connectivity index (χ1n) is 10.1. The number of hydrogen-bond donors (Lipinski definition) is 0. The van der Waals surface area contributed by atoms with Gasteiger partial charge in [-0.2, -0.15) is 0 Å². The zero-order valence-corrected chi connectivity index (χ0v) is 21.1. The monoisotopic (exact) mass is 519 g/mol. The predicted molar refractivity (Wildman–Crippen MR) is 131 cm³/mol. The number of carbonyl (C=O) groups excluding carboxylic acids is 2. The fourth-order valence-corrected chi connectivity index (χ4v) is 5.43. The van der Waals surface area contributed by atoms with Crippen LogP contribution in [0.3, 0.4) is 0 Å². The second kappa shape index (κ2) is 17.7. The molecule has 1 aromatic rings. The molecule has 0 saturated heterocycles. The summed E-state index contributed by atoms with van der Waals surface area (Å²) in [6.45, 7) is 9.16. The Kier molecular flexibility index (Phi) is 15.7. The van der Waals surface area contributed by atoms with Crippen molar-refractivity contribution in [3.63, 3.8) is 0 Å². The van der Waals surface area contributed by atoms with Crippen LogP contribution in [0.25, 0.3) is 0 Å². The van der Waals surface area contributed by atoms with Gasteiger partial charge in [0.15, 0.2) is 0 Å². The molecule has 1 aromatic carbocycles. The van der Waals surface area contributed by atoms with Crippen molar-refractivity contribution in [1.82, 2.24) is 4.90 Å². The van der Waals surface area contributed by atoms with Gasteiger partial charge < -0.3 is 14.2 Å². The van der Waals surface area contributed by atoms with Crippen molar-refractivity contribution in [3.05, 3.63) is 61.2 Å². The Hall–Kier alpha value is -1.75. The first-order chi connectivity index (χ1) is 15.9. The van der Waals surface area contributed by atoms with Gasteiger partial charge in [0.1, 0.15) is 26.0 Å². The van der Waals surface area contributed by atoms with Crippen LogP contribution in [0.1, 0.15) is 12.5 Å². The molecule has 12 heteroatoms. The van der Waals surface area contributed by atoms with E-state index in [0.29, 0.717) is 18.1 Å². The molecular formula is C21H30NO8PS2. The Morgan fingerprint density at radius 2 is 1.67 bits per heavy atom. The molecule has 0 spiro atoms. The second-order valence-electron chi connectivity index (χ2n) is 6.20. The van der Waals surface area contributed by atoms with Crippen LogP contribution in [0, 0.1) is 0 Å². The SMILES string of the molecule is C=CCSOP(=O)(CN(CC(=O)OCCOCC)C(=O)OCc1ccccc1)OSCC=C. The molecule has 0 radical (unpaired) electrons. The number of esters is 1. The van der Waals surface area contributed by atoms with E-state index in [9.17, 15) is 14.2 Å². The first-order valence-corrected chi connectivity index (χ1v) is 13.6. The highest BCUT2D eigenvalue weighted by Gasteiger charge is 2.34. The third-order valence-corrected chi connectivity index (χ3v) is 7.62. The zero-order valence-electron chi connectivity index (χ0n) is 18.6. The molecule has 1 amide bonds. The van der Waals surface area contributed by atoms with E-state index in [-0.39, 0.29) is 19.8 Å². The number of amides is 1. The Balaban J connectivity index is 2.89. The molecule has 9 nitrogen and oxygen atoms in total. The summed E-state index contributed by atoms with van der Waals surface area (Å²) in [7, 11) is -3.85. The lowest BCUT2D eigenvalue weighted by Gasteiger charge is -2.25. The molecule has 0 aliphatic heterocycles. The van der Waals surface area contributed by atoms with Crippen LogP contribution >= 0.6 is 31.7 Å². The number of hydrogen-bond acceptors (Lipinski definition) is 10. The normalized spacial score (nSPS) is 10.9. The van der Waals surface area contributed by atoms with E-state index < -0.39 is 32.5 Å². The quantitative estimate of drug-likeness (QED) is 0.0860. The summed E-state index contributed by atoms with van der Waals surface area (Å²) >= 11 is 1.73. The van der Waals surface area contributed by atoms with Crippen LogP contribution in [0.2, 0.25) is 0 Å². The minimum absolute atomic E-state index is 0.0224. The van der Waals surface area contributed by atoms with Crippen LogP contribution in [0.4, 0.5) is 4.79 Å². The topological polar surface area (TPSA) is 101 Å². The number of ether oxygens (including phenoxy) is 3. The van der Waals surface area contributed by atoms with Crippen LogP contribution in [-0.4, -0.2) is 61.1 Å². The summed E-state index contributed by atoms with van der Waals surface area (Å²) in [6.07, 6.45) is 1.74. The fourth-order valence-electron chi connectivity index (χ4n) is 2.13. The third kappa shape index (κ3) is 13.5. The molecule has 0 fully saturated rings. The maximum absolute atomic E-state index is 13.3. The molecule has 0 atom stereocenters. The Morgan fingerprint density at radius 3 is 2.24 bits per heavy atom. The fraction of sp³-hybridized carbons (Fsp3) is 0.429. The highest BCUT2D eigenvalue weighted by Crippen LogP contribution is 2.55. The minimum atomic E-state index is -3.85. The second-order valence-corrected chi connectivity index (χ2v) is 10.0. The molecule has 0 aliphatic rings. The van der Waals surface area contributed by atoms with E-state index in [1.807, 2.05) is 13.0 Å². The average molecular weight is 520 g/mol. The average Bonchev–Trinajstić information content (AvgIpc) is 2.81. The van der Waals surface area contributed by atoms with Gasteiger partial charge in [-0.05, 0) is 12.5 Å². The van der Waals surface area contributed by atoms with E-state index in [1.165, 1.54) is 0 Å². The van der Waals surface area contributed by atoms with E-state index in [2.05, 4.69) is 13.2 Å². The van der Waals surface area contributed by atoms with Crippen molar-refractivity contribution in [2.45, 2.75) is 13.5 Å². The summed E-state index contributed by atoms with van der Waals surface area (Å²) < 4.78 is 39.5. The summed E-state index contributed by atoms with van der Waals surface area (Å²) in [6, 6.07) is 9.02. The lowest BCUT2D eigenvalue weighted by molar-refractivity contribution is -0.145. The molecule has 1 rings (SSSR count). The van der Waals surface area contributed by atoms with Crippen molar-refractivity contribution in [2.24, 2.45) is 0 Å². The molecule has 0 heterocycles. The van der Waals surface area contributed by atoms with Crippen molar-refractivity contribution in [1.29, 1.82) is 0 Å². The smallest absolute Gasteiger partial charge is 0.411 e. The summed E-state index contributed by atoms with van der Waals surface area (Å²) in [5.74, 6) is -0.0233. The van der Waals surface area contributed by atoms with Gasteiger partial charge in [0.05, 0.1) is 6.61 Å². The van der Waals surface area contributed by atoms with E-state index >= 15 is 0 Å². The zero-order chi connectivity index (χ0) is 24.4. The summed E-state index contributed by atoms with van der Waals surface area (Å²) in [5, 5.41) is 0. The highest BCUT2D eigenvalue weighted by molar-refractivity contribution is 8.02. The Labute approximate surface area is 203 Å². The predicted octanol–water partition coefficient (Wildman–Crippen LogP) is 5.06. The minimum Gasteiger partial charge on any atom is -0.462 e. The largest absolute Gasteiger partial charge is 0.462 e. The molecular weight excluding hydrogens is 489 g/mol. The molecule has 0 saturated carbocycles. The van der Waals surface area contributed by atoms with Crippen molar-refractivity contribution >= 4 is 43.7 Å². The summed E-state index contributed by atoms with van der Waals surface area (Å²) in [4.78, 5) is 26.0. The highest BCUT2D eigenvalue weighted by atomic mass is 32.2. The number of nitrogens with zero attached hydrogens (tertiary/aromatic N) is 1. The van der Waals surface area contributed by atoms with Crippen LogP contribution in [0.15, 0.2) is 55.6 Å². The molecule has 0 unspecified atom stereocenters. The third-order valence-electron chi connectivity index (χ3n) is 3.53. The van der Waals surface area contributed by atoms with Gasteiger partial charge in [-0.15, -0.1) is 13.2 Å². The standard InChI is InChI=1S/C21H30NO8PS2/c1-4-14-32-29-31(25,30-33-15-5-2)18-22(16-20(23)27-13-12-26-6-3)21(24)28-17-19-10-8-7-9-11-19/h4-5,7-11H,1-2,6,12-18H2,3H3. The van der Waals surface area contributed by atoms with E-state index in [1.54, 1.807) is 36.4 Å². The van der Waals surface area contributed by atoms with Crippen LogP contribution in [0.5, 0.6) is 0 Å². The molecule has 0 N–H and O–H groups in total. The van der Waals surface area contributed by atoms with Crippen molar-refractivity contribution in [3.8, 4) is 0 Å². The van der Waals surface area contributed by atoms with Gasteiger partial charge in [0.25, 0.3) is 0 Å².